The highest BCUT2D eigenvalue weighted by atomic mass is 32.1. The van der Waals surface area contributed by atoms with Crippen molar-refractivity contribution < 1.29 is 9.32 Å². The van der Waals surface area contributed by atoms with Gasteiger partial charge in [-0.2, -0.15) is 4.98 Å². The maximum Gasteiger partial charge on any atom is 0.231 e. The third-order valence-corrected chi connectivity index (χ3v) is 4.71. The molecule has 5 nitrogen and oxygen atoms in total. The Morgan fingerprint density at radius 2 is 2.48 bits per heavy atom. The summed E-state index contributed by atoms with van der Waals surface area (Å²) in [6.07, 6.45) is 3.27. The van der Waals surface area contributed by atoms with E-state index in [1.165, 1.54) is 0 Å². The van der Waals surface area contributed by atoms with E-state index >= 15 is 0 Å². The molecule has 0 N–H and O–H groups in total. The Morgan fingerprint density at radius 3 is 3.19 bits per heavy atom. The Hall–Kier alpha value is -1.69. The van der Waals surface area contributed by atoms with Crippen molar-refractivity contribution in [1.29, 1.82) is 0 Å². The third kappa shape index (κ3) is 3.32. The van der Waals surface area contributed by atoms with Gasteiger partial charge >= 0.3 is 0 Å². The molecular weight excluding hydrogens is 286 g/mol. The molecule has 0 aromatic carbocycles. The van der Waals surface area contributed by atoms with Crippen molar-refractivity contribution in [3.63, 3.8) is 0 Å². The lowest BCUT2D eigenvalue weighted by molar-refractivity contribution is -0.131. The molecule has 0 radical (unpaired) electrons. The van der Waals surface area contributed by atoms with Gasteiger partial charge in [0.1, 0.15) is 0 Å². The molecule has 1 saturated heterocycles. The second-order valence-corrected chi connectivity index (χ2v) is 6.37. The molecular formula is C15H19N3O2S. The molecule has 3 rings (SSSR count). The number of hydrogen-bond acceptors (Lipinski definition) is 5. The number of hydrogen-bond donors (Lipinski definition) is 0. The fourth-order valence-electron chi connectivity index (χ4n) is 2.66. The van der Waals surface area contributed by atoms with Gasteiger partial charge in [0.2, 0.25) is 11.8 Å². The molecule has 0 spiro atoms. The van der Waals surface area contributed by atoms with Crippen LogP contribution in [0.4, 0.5) is 0 Å². The molecule has 0 unspecified atom stereocenters. The van der Waals surface area contributed by atoms with Gasteiger partial charge in [-0.3, -0.25) is 4.79 Å². The van der Waals surface area contributed by atoms with Gasteiger partial charge in [-0.25, -0.2) is 0 Å². The van der Waals surface area contributed by atoms with Crippen molar-refractivity contribution >= 4 is 17.2 Å². The van der Waals surface area contributed by atoms with Crippen LogP contribution in [0.3, 0.4) is 0 Å². The second-order valence-electron chi connectivity index (χ2n) is 5.34. The summed E-state index contributed by atoms with van der Waals surface area (Å²) >= 11 is 1.63. The molecule has 0 aliphatic carbocycles. The van der Waals surface area contributed by atoms with Gasteiger partial charge in [0.25, 0.3) is 0 Å². The van der Waals surface area contributed by atoms with E-state index in [4.69, 9.17) is 4.52 Å². The van der Waals surface area contributed by atoms with Crippen LogP contribution in [0.15, 0.2) is 22.0 Å². The van der Waals surface area contributed by atoms with Crippen LogP contribution in [0.5, 0.6) is 0 Å². The van der Waals surface area contributed by atoms with E-state index in [1.807, 2.05) is 29.3 Å². The van der Waals surface area contributed by atoms with Crippen LogP contribution < -0.4 is 0 Å². The zero-order valence-corrected chi connectivity index (χ0v) is 12.9. The lowest BCUT2D eigenvalue weighted by Gasteiger charge is -2.31. The summed E-state index contributed by atoms with van der Waals surface area (Å²) in [5.41, 5.74) is 0. The van der Waals surface area contributed by atoms with Crippen molar-refractivity contribution in [2.45, 2.75) is 38.5 Å². The minimum atomic E-state index is 0.179. The second kappa shape index (κ2) is 6.39. The highest BCUT2D eigenvalue weighted by Gasteiger charge is 2.28. The van der Waals surface area contributed by atoms with E-state index in [0.29, 0.717) is 18.9 Å². The number of rotatable bonds is 4. The Balaban J connectivity index is 1.63. The van der Waals surface area contributed by atoms with E-state index in [9.17, 15) is 4.79 Å². The summed E-state index contributed by atoms with van der Waals surface area (Å²) in [6.45, 7) is 3.53. The van der Waals surface area contributed by atoms with Crippen LogP contribution in [-0.2, 0) is 17.6 Å². The van der Waals surface area contributed by atoms with Crippen LogP contribution in [0, 0.1) is 0 Å². The van der Waals surface area contributed by atoms with E-state index in [0.717, 1.165) is 36.5 Å². The van der Waals surface area contributed by atoms with Crippen molar-refractivity contribution in [2.75, 3.05) is 13.1 Å². The van der Waals surface area contributed by atoms with Gasteiger partial charge in [0, 0.05) is 24.4 Å². The van der Waals surface area contributed by atoms with Crippen LogP contribution in [-0.4, -0.2) is 34.0 Å². The van der Waals surface area contributed by atoms with E-state index in [2.05, 4.69) is 10.1 Å². The standard InChI is InChI=1S/C15H19N3O2S/c1-2-13-16-15(20-17-13)11-5-3-7-18(10-11)14(19)9-12-6-4-8-21-12/h4,6,8,11H,2-3,5,7,9-10H2,1H3/t11-/m1/s1. The van der Waals surface area contributed by atoms with Gasteiger partial charge in [-0.15, -0.1) is 11.3 Å². The molecule has 0 bridgehead atoms. The van der Waals surface area contributed by atoms with Gasteiger partial charge in [-0.05, 0) is 24.3 Å². The first-order chi connectivity index (χ1) is 10.3. The molecule has 1 atom stereocenters. The quantitative estimate of drug-likeness (QED) is 0.871. The Labute approximate surface area is 128 Å². The average Bonchev–Trinajstić information content (AvgIpc) is 3.18. The number of piperidine rings is 1. The lowest BCUT2D eigenvalue weighted by Crippen LogP contribution is -2.39. The fraction of sp³-hybridized carbons (Fsp3) is 0.533. The number of likely N-dealkylation sites (tertiary alicyclic amines) is 1. The van der Waals surface area contributed by atoms with Crippen LogP contribution >= 0.6 is 11.3 Å². The number of nitrogens with zero attached hydrogens (tertiary/aromatic N) is 3. The predicted molar refractivity (Wildman–Crippen MR) is 80.3 cm³/mol. The molecule has 1 aliphatic rings. The first-order valence-electron chi connectivity index (χ1n) is 7.39. The summed E-state index contributed by atoms with van der Waals surface area (Å²) < 4.78 is 5.33. The fourth-order valence-corrected chi connectivity index (χ4v) is 3.35. The monoisotopic (exact) mass is 305 g/mol. The first-order valence-corrected chi connectivity index (χ1v) is 8.27. The molecule has 112 valence electrons. The van der Waals surface area contributed by atoms with Crippen molar-refractivity contribution in [2.24, 2.45) is 0 Å². The Bertz CT molecular complexity index is 594. The summed E-state index contributed by atoms with van der Waals surface area (Å²) in [4.78, 5) is 19.8. The van der Waals surface area contributed by atoms with E-state index in [1.54, 1.807) is 11.3 Å². The van der Waals surface area contributed by atoms with E-state index < -0.39 is 0 Å². The minimum absolute atomic E-state index is 0.179. The zero-order chi connectivity index (χ0) is 14.7. The number of carbonyl (C=O) groups is 1. The highest BCUT2D eigenvalue weighted by Crippen LogP contribution is 2.26. The molecule has 6 heteroatoms. The number of amides is 1. The Morgan fingerprint density at radius 1 is 1.57 bits per heavy atom. The molecule has 2 aromatic heterocycles. The lowest BCUT2D eigenvalue weighted by atomic mass is 9.97. The minimum Gasteiger partial charge on any atom is -0.342 e. The van der Waals surface area contributed by atoms with E-state index in [-0.39, 0.29) is 11.8 Å². The molecule has 0 saturated carbocycles. The molecule has 1 aliphatic heterocycles. The number of thiophene rings is 1. The molecule has 1 fully saturated rings. The molecule has 2 aromatic rings. The average molecular weight is 305 g/mol. The number of aromatic nitrogens is 2. The SMILES string of the molecule is CCc1noc([C@@H]2CCCN(C(=O)Cc3cccs3)C2)n1. The van der Waals surface area contributed by atoms with Gasteiger partial charge in [0.15, 0.2) is 5.82 Å². The molecule has 3 heterocycles. The largest absolute Gasteiger partial charge is 0.342 e. The van der Waals surface area contributed by atoms with Gasteiger partial charge in [0.05, 0.1) is 12.3 Å². The molecule has 21 heavy (non-hydrogen) atoms. The van der Waals surface area contributed by atoms with Crippen molar-refractivity contribution in [3.05, 3.63) is 34.1 Å². The predicted octanol–water partition coefficient (Wildman–Crippen LogP) is 2.64. The highest BCUT2D eigenvalue weighted by molar-refractivity contribution is 7.10. The Kier molecular flexibility index (Phi) is 4.34. The summed E-state index contributed by atoms with van der Waals surface area (Å²) in [6, 6.07) is 3.99. The maximum absolute atomic E-state index is 12.4. The third-order valence-electron chi connectivity index (χ3n) is 3.83. The normalized spacial score (nSPS) is 18.9. The zero-order valence-electron chi connectivity index (χ0n) is 12.1. The summed E-state index contributed by atoms with van der Waals surface area (Å²) in [7, 11) is 0. The topological polar surface area (TPSA) is 59.2 Å². The van der Waals surface area contributed by atoms with Gasteiger partial charge < -0.3 is 9.42 Å². The van der Waals surface area contributed by atoms with Crippen molar-refractivity contribution in [1.82, 2.24) is 15.0 Å². The smallest absolute Gasteiger partial charge is 0.231 e. The summed E-state index contributed by atoms with van der Waals surface area (Å²) in [5, 5.41) is 5.96. The van der Waals surface area contributed by atoms with Gasteiger partial charge in [-0.1, -0.05) is 18.1 Å². The molecule has 1 amide bonds. The van der Waals surface area contributed by atoms with Crippen molar-refractivity contribution in [3.8, 4) is 0 Å². The summed E-state index contributed by atoms with van der Waals surface area (Å²) in [5.74, 6) is 1.80. The number of aryl methyl sites for hydroxylation is 1. The first kappa shape index (κ1) is 14.3. The maximum atomic E-state index is 12.4. The van der Waals surface area contributed by atoms with Crippen LogP contribution in [0.1, 0.15) is 42.3 Å². The number of carbonyl (C=O) groups excluding carboxylic acids is 1. The van der Waals surface area contributed by atoms with Crippen LogP contribution in [0.25, 0.3) is 0 Å². The van der Waals surface area contributed by atoms with Crippen LogP contribution in [0.2, 0.25) is 0 Å².